The number of hydrogen-bond acceptors (Lipinski definition) is 4. The van der Waals surface area contributed by atoms with Crippen LogP contribution in [-0.4, -0.2) is 18.4 Å². The van der Waals surface area contributed by atoms with Crippen LogP contribution in [-0.2, 0) is 16.6 Å². The Morgan fingerprint density at radius 3 is 2.28 bits per heavy atom. The number of rotatable bonds is 6. The molecule has 0 saturated heterocycles. The number of hydrogen-bond donors (Lipinski definition) is 1. The fraction of sp³-hybridized carbons (Fsp3) is 0.0435. The highest BCUT2D eigenvalue weighted by molar-refractivity contribution is 7.89. The molecule has 0 spiro atoms. The number of nitrogens with one attached hydrogen (secondary N) is 1. The summed E-state index contributed by atoms with van der Waals surface area (Å²) >= 11 is 0. The van der Waals surface area contributed by atoms with Gasteiger partial charge in [-0.25, -0.2) is 13.1 Å². The van der Waals surface area contributed by atoms with E-state index in [4.69, 9.17) is 0 Å². The highest BCUT2D eigenvalue weighted by Gasteiger charge is 2.16. The standard InChI is InChI=1S/C23H19N3O2S/c27-29(28,22-10-4-8-20(16-22)18-6-2-1-3-7-18)26-17-21-9-5-13-25-23(21)19-11-14-24-15-12-19/h1-16,26H,17H2. The van der Waals surface area contributed by atoms with Gasteiger partial charge in [0.2, 0.25) is 10.0 Å². The molecule has 0 bridgehead atoms. The lowest BCUT2D eigenvalue weighted by molar-refractivity contribution is 0.581. The summed E-state index contributed by atoms with van der Waals surface area (Å²) in [5, 5.41) is 0. The molecule has 0 aliphatic rings. The van der Waals surface area contributed by atoms with Gasteiger partial charge in [0.05, 0.1) is 10.6 Å². The Morgan fingerprint density at radius 1 is 0.724 bits per heavy atom. The van der Waals surface area contributed by atoms with Gasteiger partial charge in [-0.2, -0.15) is 0 Å². The van der Waals surface area contributed by atoms with Crippen LogP contribution in [0.3, 0.4) is 0 Å². The second kappa shape index (κ2) is 8.34. The molecule has 0 atom stereocenters. The van der Waals surface area contributed by atoms with E-state index in [0.29, 0.717) is 0 Å². The number of nitrogens with zero attached hydrogens (tertiary/aromatic N) is 2. The third-order valence-electron chi connectivity index (χ3n) is 4.55. The van der Waals surface area contributed by atoms with E-state index in [1.165, 1.54) is 0 Å². The predicted molar refractivity (Wildman–Crippen MR) is 113 cm³/mol. The van der Waals surface area contributed by atoms with Gasteiger partial charge in [0.15, 0.2) is 0 Å². The van der Waals surface area contributed by atoms with E-state index in [1.807, 2.05) is 54.6 Å². The zero-order valence-electron chi connectivity index (χ0n) is 15.6. The van der Waals surface area contributed by atoms with Crippen LogP contribution in [0.2, 0.25) is 0 Å². The lowest BCUT2D eigenvalue weighted by Crippen LogP contribution is -2.23. The van der Waals surface area contributed by atoms with E-state index in [1.54, 1.807) is 42.9 Å². The Bertz CT molecular complexity index is 1210. The van der Waals surface area contributed by atoms with Crippen molar-refractivity contribution in [2.24, 2.45) is 0 Å². The maximum atomic E-state index is 12.9. The minimum Gasteiger partial charge on any atom is -0.265 e. The van der Waals surface area contributed by atoms with Gasteiger partial charge in [0.1, 0.15) is 0 Å². The van der Waals surface area contributed by atoms with Gasteiger partial charge in [-0.3, -0.25) is 9.97 Å². The van der Waals surface area contributed by atoms with Gasteiger partial charge in [-0.15, -0.1) is 0 Å². The minimum atomic E-state index is -3.68. The highest BCUT2D eigenvalue weighted by atomic mass is 32.2. The van der Waals surface area contributed by atoms with Crippen LogP contribution in [0.5, 0.6) is 0 Å². The summed E-state index contributed by atoms with van der Waals surface area (Å²) in [4.78, 5) is 8.66. The molecule has 2 aromatic carbocycles. The molecule has 0 aliphatic heterocycles. The van der Waals surface area contributed by atoms with E-state index in [0.717, 1.165) is 27.9 Å². The SMILES string of the molecule is O=S(=O)(NCc1cccnc1-c1ccncc1)c1cccc(-c2ccccc2)c1. The normalized spacial score (nSPS) is 11.3. The Hall–Kier alpha value is -3.35. The lowest BCUT2D eigenvalue weighted by atomic mass is 10.1. The molecule has 0 aliphatic carbocycles. The first-order chi connectivity index (χ1) is 14.1. The van der Waals surface area contributed by atoms with Gasteiger partial charge in [-0.05, 0) is 47.0 Å². The Labute approximate surface area is 170 Å². The molecule has 0 saturated carbocycles. The number of pyridine rings is 2. The van der Waals surface area contributed by atoms with E-state index in [-0.39, 0.29) is 11.4 Å². The molecule has 6 heteroatoms. The van der Waals surface area contributed by atoms with Crippen molar-refractivity contribution in [1.82, 2.24) is 14.7 Å². The van der Waals surface area contributed by atoms with Crippen LogP contribution >= 0.6 is 0 Å². The quantitative estimate of drug-likeness (QED) is 0.523. The first kappa shape index (κ1) is 19.0. The van der Waals surface area contributed by atoms with Crippen molar-refractivity contribution in [1.29, 1.82) is 0 Å². The molecule has 0 fully saturated rings. The summed E-state index contributed by atoms with van der Waals surface area (Å²) in [6, 6.07) is 24.0. The van der Waals surface area contributed by atoms with Crippen molar-refractivity contribution in [2.75, 3.05) is 0 Å². The molecule has 2 heterocycles. The van der Waals surface area contributed by atoms with Gasteiger partial charge in [-0.1, -0.05) is 48.5 Å². The van der Waals surface area contributed by atoms with Gasteiger partial charge in [0, 0.05) is 30.7 Å². The lowest BCUT2D eigenvalue weighted by Gasteiger charge is -2.11. The average molecular weight is 401 g/mol. The monoisotopic (exact) mass is 401 g/mol. The number of sulfonamides is 1. The number of benzene rings is 2. The summed E-state index contributed by atoms with van der Waals surface area (Å²) in [6.07, 6.45) is 5.07. The smallest absolute Gasteiger partial charge is 0.240 e. The summed E-state index contributed by atoms with van der Waals surface area (Å²) < 4.78 is 28.5. The largest absolute Gasteiger partial charge is 0.265 e. The molecule has 4 rings (SSSR count). The second-order valence-electron chi connectivity index (χ2n) is 6.47. The maximum absolute atomic E-state index is 12.9. The Kier molecular flexibility index (Phi) is 5.46. The molecule has 0 unspecified atom stereocenters. The first-order valence-electron chi connectivity index (χ1n) is 9.13. The topological polar surface area (TPSA) is 72.0 Å². The van der Waals surface area contributed by atoms with E-state index in [2.05, 4.69) is 14.7 Å². The Balaban J connectivity index is 1.58. The summed E-state index contributed by atoms with van der Waals surface area (Å²) in [5.41, 5.74) is 4.24. The van der Waals surface area contributed by atoms with Crippen LogP contribution < -0.4 is 4.72 Å². The molecule has 144 valence electrons. The second-order valence-corrected chi connectivity index (χ2v) is 8.23. The minimum absolute atomic E-state index is 0.142. The average Bonchev–Trinajstić information content (AvgIpc) is 2.79. The molecule has 4 aromatic rings. The van der Waals surface area contributed by atoms with Crippen molar-refractivity contribution >= 4 is 10.0 Å². The van der Waals surface area contributed by atoms with Gasteiger partial charge < -0.3 is 0 Å². The third-order valence-corrected chi connectivity index (χ3v) is 5.95. The van der Waals surface area contributed by atoms with Crippen molar-refractivity contribution in [3.63, 3.8) is 0 Å². The van der Waals surface area contributed by atoms with Crippen LogP contribution in [0, 0.1) is 0 Å². The first-order valence-corrected chi connectivity index (χ1v) is 10.6. The molecule has 2 aromatic heterocycles. The fourth-order valence-electron chi connectivity index (χ4n) is 3.08. The zero-order valence-corrected chi connectivity index (χ0v) is 16.4. The molecule has 0 radical (unpaired) electrons. The molecular weight excluding hydrogens is 382 g/mol. The molecular formula is C23H19N3O2S. The Morgan fingerprint density at radius 2 is 1.48 bits per heavy atom. The van der Waals surface area contributed by atoms with Crippen molar-refractivity contribution < 1.29 is 8.42 Å². The van der Waals surface area contributed by atoms with E-state index in [9.17, 15) is 8.42 Å². The van der Waals surface area contributed by atoms with Crippen molar-refractivity contribution in [3.8, 4) is 22.4 Å². The van der Waals surface area contributed by atoms with Crippen molar-refractivity contribution in [3.05, 3.63) is 103 Å². The van der Waals surface area contributed by atoms with Crippen LogP contribution in [0.4, 0.5) is 0 Å². The highest BCUT2D eigenvalue weighted by Crippen LogP contribution is 2.23. The predicted octanol–water partition coefficient (Wildman–Crippen LogP) is 4.29. The third kappa shape index (κ3) is 4.39. The van der Waals surface area contributed by atoms with Crippen LogP contribution in [0.15, 0.2) is 102 Å². The molecule has 5 nitrogen and oxygen atoms in total. The van der Waals surface area contributed by atoms with Gasteiger partial charge >= 0.3 is 0 Å². The van der Waals surface area contributed by atoms with E-state index >= 15 is 0 Å². The summed E-state index contributed by atoms with van der Waals surface area (Å²) in [6.45, 7) is 0.142. The summed E-state index contributed by atoms with van der Waals surface area (Å²) in [5.74, 6) is 0. The summed E-state index contributed by atoms with van der Waals surface area (Å²) in [7, 11) is -3.68. The number of aromatic nitrogens is 2. The zero-order chi connectivity index (χ0) is 20.1. The molecule has 0 amide bonds. The maximum Gasteiger partial charge on any atom is 0.240 e. The fourth-order valence-corrected chi connectivity index (χ4v) is 4.13. The van der Waals surface area contributed by atoms with Crippen molar-refractivity contribution in [2.45, 2.75) is 11.4 Å². The van der Waals surface area contributed by atoms with Crippen LogP contribution in [0.25, 0.3) is 22.4 Å². The molecule has 1 N–H and O–H groups in total. The van der Waals surface area contributed by atoms with Crippen LogP contribution in [0.1, 0.15) is 5.56 Å². The van der Waals surface area contributed by atoms with Gasteiger partial charge in [0.25, 0.3) is 0 Å². The van der Waals surface area contributed by atoms with E-state index < -0.39 is 10.0 Å². The molecule has 29 heavy (non-hydrogen) atoms.